The number of benzene rings is 2. The number of hydrogen-bond donors (Lipinski definition) is 1. The Kier molecular flexibility index (Phi) is 8.21. The van der Waals surface area contributed by atoms with Gasteiger partial charge >= 0.3 is 0 Å². The van der Waals surface area contributed by atoms with Gasteiger partial charge in [0.15, 0.2) is 11.2 Å². The molecule has 5 nitrogen and oxygen atoms in total. The first kappa shape index (κ1) is 26.0. The lowest BCUT2D eigenvalue weighted by atomic mass is 9.86. The summed E-state index contributed by atoms with van der Waals surface area (Å²) in [5.74, 6) is -0.302. The van der Waals surface area contributed by atoms with Gasteiger partial charge in [0.2, 0.25) is 0 Å². The number of aryl methyl sites for hydroxylation is 1. The zero-order valence-corrected chi connectivity index (χ0v) is 21.3. The van der Waals surface area contributed by atoms with E-state index in [-0.39, 0.29) is 41.0 Å². The molecule has 0 bridgehead atoms. The van der Waals surface area contributed by atoms with E-state index < -0.39 is 0 Å². The van der Waals surface area contributed by atoms with Crippen LogP contribution in [0.5, 0.6) is 0 Å². The second kappa shape index (κ2) is 10.7. The van der Waals surface area contributed by atoms with Gasteiger partial charge in [-0.15, -0.1) is 12.4 Å². The number of halogens is 1. The van der Waals surface area contributed by atoms with E-state index in [0.717, 1.165) is 25.1 Å². The van der Waals surface area contributed by atoms with Crippen molar-refractivity contribution >= 4 is 29.3 Å². The summed E-state index contributed by atoms with van der Waals surface area (Å²) < 4.78 is 5.79. The molecule has 2 aromatic carbocycles. The fourth-order valence-electron chi connectivity index (χ4n) is 4.53. The van der Waals surface area contributed by atoms with Gasteiger partial charge in [-0.3, -0.25) is 14.5 Å². The van der Waals surface area contributed by atoms with E-state index in [4.69, 9.17) is 4.42 Å². The molecule has 1 N–H and O–H groups in total. The topological polar surface area (TPSA) is 62.6 Å². The minimum absolute atomic E-state index is 0. The van der Waals surface area contributed by atoms with E-state index in [2.05, 4.69) is 55.3 Å². The summed E-state index contributed by atoms with van der Waals surface area (Å²) in [6.07, 6.45) is 3.18. The van der Waals surface area contributed by atoms with E-state index in [1.807, 2.05) is 19.1 Å². The van der Waals surface area contributed by atoms with Crippen LogP contribution in [0.4, 0.5) is 0 Å². The zero-order chi connectivity index (χ0) is 23.6. The van der Waals surface area contributed by atoms with Crippen LogP contribution in [-0.2, 0) is 11.8 Å². The van der Waals surface area contributed by atoms with Gasteiger partial charge in [0.1, 0.15) is 5.58 Å². The van der Waals surface area contributed by atoms with Crippen LogP contribution in [0.2, 0.25) is 0 Å². The standard InChI is InChI=1S/C28H34N2O3.ClH/c1-5-19-8-13-25-22(16-19)24(31)17-26(33-25)27(32)29-18-23(30-14-6-7-15-30)20-9-11-21(12-10-20)28(2,3)4;/h8-13,16-17,23H,5-7,14-15,18H2,1-4H3,(H,29,32);1H. The Morgan fingerprint density at radius 3 is 2.35 bits per heavy atom. The largest absolute Gasteiger partial charge is 0.451 e. The molecule has 0 radical (unpaired) electrons. The number of nitrogens with one attached hydrogen (secondary N) is 1. The van der Waals surface area contributed by atoms with E-state index in [1.54, 1.807) is 6.07 Å². The molecule has 0 spiro atoms. The van der Waals surface area contributed by atoms with Gasteiger partial charge < -0.3 is 9.73 Å². The summed E-state index contributed by atoms with van der Waals surface area (Å²) in [7, 11) is 0. The molecule has 1 aliphatic rings. The Morgan fingerprint density at radius 2 is 1.74 bits per heavy atom. The molecule has 1 unspecified atom stereocenters. The first-order chi connectivity index (χ1) is 15.8. The Labute approximate surface area is 207 Å². The maximum atomic E-state index is 12.9. The molecule has 6 heteroatoms. The molecule has 1 saturated heterocycles. The highest BCUT2D eigenvalue weighted by atomic mass is 35.5. The molecule has 1 aromatic heterocycles. The highest BCUT2D eigenvalue weighted by Gasteiger charge is 2.25. The smallest absolute Gasteiger partial charge is 0.287 e. The van der Waals surface area contributed by atoms with Crippen LogP contribution >= 0.6 is 12.4 Å². The molecule has 1 fully saturated rings. The Bertz CT molecular complexity index is 1190. The average molecular weight is 483 g/mol. The van der Waals surface area contributed by atoms with Crippen LogP contribution in [0.15, 0.2) is 57.7 Å². The van der Waals surface area contributed by atoms with Crippen molar-refractivity contribution in [3.8, 4) is 0 Å². The van der Waals surface area contributed by atoms with Crippen molar-refractivity contribution in [2.24, 2.45) is 0 Å². The average Bonchev–Trinajstić information content (AvgIpc) is 3.33. The highest BCUT2D eigenvalue weighted by Crippen LogP contribution is 2.28. The number of fused-ring (bicyclic) bond motifs is 1. The lowest BCUT2D eigenvalue weighted by Gasteiger charge is -2.29. The summed E-state index contributed by atoms with van der Waals surface area (Å²) in [5.41, 5.74) is 3.90. The molecule has 3 aromatic rings. The van der Waals surface area contributed by atoms with Gasteiger partial charge in [0, 0.05) is 12.6 Å². The van der Waals surface area contributed by atoms with Crippen LogP contribution < -0.4 is 10.7 Å². The maximum absolute atomic E-state index is 12.9. The normalized spacial score (nSPS) is 15.2. The first-order valence-corrected chi connectivity index (χ1v) is 12.0. The highest BCUT2D eigenvalue weighted by molar-refractivity contribution is 5.93. The molecule has 0 aliphatic carbocycles. The fraction of sp³-hybridized carbons (Fsp3) is 0.429. The van der Waals surface area contributed by atoms with Crippen LogP contribution in [0, 0.1) is 0 Å². The van der Waals surface area contributed by atoms with Crippen molar-refractivity contribution in [3.05, 3.63) is 81.2 Å². The second-order valence-electron chi connectivity index (χ2n) is 10.00. The van der Waals surface area contributed by atoms with Crippen molar-refractivity contribution < 1.29 is 9.21 Å². The Morgan fingerprint density at radius 1 is 1.06 bits per heavy atom. The Hall–Kier alpha value is -2.63. The molecule has 1 atom stereocenters. The lowest BCUT2D eigenvalue weighted by molar-refractivity contribution is 0.0910. The first-order valence-electron chi connectivity index (χ1n) is 12.0. The third-order valence-corrected chi connectivity index (χ3v) is 6.62. The van der Waals surface area contributed by atoms with Gasteiger partial charge in [0.05, 0.1) is 11.4 Å². The number of rotatable bonds is 6. The molecule has 182 valence electrons. The molecular formula is C28H35ClN2O3. The van der Waals surface area contributed by atoms with E-state index in [0.29, 0.717) is 17.5 Å². The van der Waals surface area contributed by atoms with Gasteiger partial charge in [-0.05, 0) is 66.6 Å². The lowest BCUT2D eigenvalue weighted by Crippen LogP contribution is -2.37. The number of amides is 1. The summed E-state index contributed by atoms with van der Waals surface area (Å²) in [6.45, 7) is 11.2. The van der Waals surface area contributed by atoms with E-state index in [9.17, 15) is 9.59 Å². The predicted octanol–water partition coefficient (Wildman–Crippen LogP) is 5.64. The molecule has 4 rings (SSSR count). The summed E-state index contributed by atoms with van der Waals surface area (Å²) in [4.78, 5) is 28.0. The number of carbonyl (C=O) groups is 1. The van der Waals surface area contributed by atoms with Crippen molar-refractivity contribution in [2.45, 2.75) is 58.4 Å². The number of nitrogens with zero attached hydrogens (tertiary/aromatic N) is 1. The van der Waals surface area contributed by atoms with Crippen LogP contribution in [-0.4, -0.2) is 30.4 Å². The molecule has 0 saturated carbocycles. The van der Waals surface area contributed by atoms with Crippen LogP contribution in [0.1, 0.15) is 73.8 Å². The van der Waals surface area contributed by atoms with Gasteiger partial charge in [0.25, 0.3) is 5.91 Å². The summed E-state index contributed by atoms with van der Waals surface area (Å²) >= 11 is 0. The molecule has 1 amide bonds. The third kappa shape index (κ3) is 5.70. The van der Waals surface area contributed by atoms with Crippen molar-refractivity contribution in [2.75, 3.05) is 19.6 Å². The van der Waals surface area contributed by atoms with Crippen molar-refractivity contribution in [3.63, 3.8) is 0 Å². The van der Waals surface area contributed by atoms with Gasteiger partial charge in [-0.2, -0.15) is 0 Å². The minimum Gasteiger partial charge on any atom is -0.451 e. The number of hydrogen-bond acceptors (Lipinski definition) is 4. The number of likely N-dealkylation sites (tertiary alicyclic amines) is 1. The number of carbonyl (C=O) groups excluding carboxylic acids is 1. The van der Waals surface area contributed by atoms with Crippen molar-refractivity contribution in [1.29, 1.82) is 0 Å². The summed E-state index contributed by atoms with van der Waals surface area (Å²) in [6, 6.07) is 15.7. The monoisotopic (exact) mass is 482 g/mol. The summed E-state index contributed by atoms with van der Waals surface area (Å²) in [5, 5.41) is 3.53. The van der Waals surface area contributed by atoms with E-state index in [1.165, 1.54) is 30.0 Å². The van der Waals surface area contributed by atoms with Gasteiger partial charge in [-0.25, -0.2) is 0 Å². The van der Waals surface area contributed by atoms with E-state index >= 15 is 0 Å². The molecule has 2 heterocycles. The molecule has 34 heavy (non-hydrogen) atoms. The zero-order valence-electron chi connectivity index (χ0n) is 20.5. The second-order valence-corrected chi connectivity index (χ2v) is 10.00. The minimum atomic E-state index is -0.357. The maximum Gasteiger partial charge on any atom is 0.287 e. The van der Waals surface area contributed by atoms with Crippen LogP contribution in [0.3, 0.4) is 0 Å². The molecular weight excluding hydrogens is 448 g/mol. The fourth-order valence-corrected chi connectivity index (χ4v) is 4.53. The third-order valence-electron chi connectivity index (χ3n) is 6.62. The SMILES string of the molecule is CCc1ccc2oc(C(=O)NCC(c3ccc(C(C)(C)C)cc3)N3CCCC3)cc(=O)c2c1.Cl. The Balaban J connectivity index is 0.00000324. The van der Waals surface area contributed by atoms with Crippen molar-refractivity contribution in [1.82, 2.24) is 10.2 Å². The molecule has 1 aliphatic heterocycles. The van der Waals surface area contributed by atoms with Crippen LogP contribution in [0.25, 0.3) is 11.0 Å². The quantitative estimate of drug-likeness (QED) is 0.493. The predicted molar refractivity (Wildman–Crippen MR) is 140 cm³/mol. The van der Waals surface area contributed by atoms with Gasteiger partial charge in [-0.1, -0.05) is 58.0 Å².